The fourth-order valence-corrected chi connectivity index (χ4v) is 3.09. The smallest absolute Gasteiger partial charge is 0.333 e. The molecule has 3 rings (SSSR count). The molecule has 6 nitrogen and oxygen atoms in total. The number of aromatic nitrogens is 2. The molecule has 0 spiro atoms. The average Bonchev–Trinajstić information content (AvgIpc) is 3.16. The van der Waals surface area contributed by atoms with E-state index in [0.717, 1.165) is 12.8 Å². The number of hydrogen-bond acceptors (Lipinski definition) is 4. The highest BCUT2D eigenvalue weighted by Crippen LogP contribution is 2.23. The molecule has 2 aromatic rings. The number of hydrogen-bond donors (Lipinski definition) is 0. The lowest BCUT2D eigenvalue weighted by Crippen LogP contribution is -2.42. The molecule has 1 aromatic heterocycles. The molecular weight excluding hydrogens is 344 g/mol. The van der Waals surface area contributed by atoms with Crippen LogP contribution in [0.2, 0.25) is 0 Å². The number of carbonyl (C=O) groups is 1. The van der Waals surface area contributed by atoms with Crippen molar-refractivity contribution < 1.29 is 23.0 Å². The van der Waals surface area contributed by atoms with Crippen molar-refractivity contribution in [1.29, 1.82) is 0 Å². The molecule has 2 heterocycles. The van der Waals surface area contributed by atoms with E-state index in [-0.39, 0.29) is 11.6 Å². The third-order valence-corrected chi connectivity index (χ3v) is 4.41. The van der Waals surface area contributed by atoms with Gasteiger partial charge in [0.15, 0.2) is 0 Å². The minimum Gasteiger partial charge on any atom is -0.497 e. The van der Waals surface area contributed by atoms with Crippen molar-refractivity contribution in [3.05, 3.63) is 42.2 Å². The molecule has 1 unspecified atom stereocenters. The summed E-state index contributed by atoms with van der Waals surface area (Å²) in [5.74, 6) is 1.13. The van der Waals surface area contributed by atoms with Crippen molar-refractivity contribution >= 4 is 5.91 Å². The molecule has 0 saturated carbocycles. The van der Waals surface area contributed by atoms with Gasteiger partial charge in [0.1, 0.15) is 17.2 Å². The Bertz CT molecular complexity index is 751. The first kappa shape index (κ1) is 18.2. The molecule has 0 N–H and O–H groups in total. The number of piperidine rings is 1. The zero-order chi connectivity index (χ0) is 18.5. The van der Waals surface area contributed by atoms with Crippen molar-refractivity contribution in [2.75, 3.05) is 26.8 Å². The Balaban J connectivity index is 1.60. The molecule has 26 heavy (non-hydrogen) atoms. The number of amides is 1. The average molecular weight is 365 g/mol. The number of halogens is 2. The van der Waals surface area contributed by atoms with Crippen LogP contribution in [-0.2, 0) is 0 Å². The van der Waals surface area contributed by atoms with Crippen molar-refractivity contribution in [2.24, 2.45) is 5.92 Å². The Hall–Kier alpha value is -2.64. The van der Waals surface area contributed by atoms with Gasteiger partial charge in [-0.2, -0.15) is 18.6 Å². The molecule has 1 aromatic carbocycles. The van der Waals surface area contributed by atoms with Gasteiger partial charge in [-0.3, -0.25) is 4.79 Å². The van der Waals surface area contributed by atoms with Crippen LogP contribution in [0.15, 0.2) is 36.5 Å². The van der Waals surface area contributed by atoms with Gasteiger partial charge in [0.2, 0.25) is 0 Å². The first-order valence-corrected chi connectivity index (χ1v) is 8.46. The summed E-state index contributed by atoms with van der Waals surface area (Å²) < 4.78 is 37.3. The highest BCUT2D eigenvalue weighted by atomic mass is 19.3. The van der Waals surface area contributed by atoms with E-state index < -0.39 is 12.5 Å². The lowest BCUT2D eigenvalue weighted by molar-refractivity contribution is 0.0425. The second-order valence-electron chi connectivity index (χ2n) is 6.19. The minimum absolute atomic E-state index is 0.0886. The fourth-order valence-electron chi connectivity index (χ4n) is 3.09. The summed E-state index contributed by atoms with van der Waals surface area (Å²) in [6.45, 7) is -1.37. The number of carbonyl (C=O) groups excluding carboxylic acids is 1. The molecule has 1 fully saturated rings. The van der Waals surface area contributed by atoms with Crippen molar-refractivity contribution in [3.63, 3.8) is 0 Å². The van der Waals surface area contributed by atoms with E-state index in [0.29, 0.717) is 35.9 Å². The van der Waals surface area contributed by atoms with Crippen LogP contribution in [0.25, 0.3) is 0 Å². The Morgan fingerprint density at radius 2 is 2.15 bits per heavy atom. The lowest BCUT2D eigenvalue weighted by atomic mass is 9.98. The summed E-state index contributed by atoms with van der Waals surface area (Å²) in [5.41, 5.74) is -0.0886. The van der Waals surface area contributed by atoms with Crippen LogP contribution in [0.3, 0.4) is 0 Å². The minimum atomic E-state index is -2.83. The van der Waals surface area contributed by atoms with Gasteiger partial charge in [0.05, 0.1) is 13.7 Å². The molecule has 1 saturated heterocycles. The molecule has 1 amide bonds. The van der Waals surface area contributed by atoms with E-state index >= 15 is 0 Å². The zero-order valence-electron chi connectivity index (χ0n) is 14.5. The molecule has 1 atom stereocenters. The second kappa shape index (κ2) is 8.16. The summed E-state index contributed by atoms with van der Waals surface area (Å²) in [6, 6.07) is 8.64. The van der Waals surface area contributed by atoms with Crippen molar-refractivity contribution in [1.82, 2.24) is 14.7 Å². The molecule has 0 radical (unpaired) electrons. The van der Waals surface area contributed by atoms with E-state index in [1.54, 1.807) is 18.1 Å². The van der Waals surface area contributed by atoms with Gasteiger partial charge in [-0.15, -0.1) is 0 Å². The number of methoxy groups -OCH3 is 1. The van der Waals surface area contributed by atoms with Crippen LogP contribution in [0.5, 0.6) is 11.5 Å². The molecule has 1 aliphatic heterocycles. The molecule has 1 aliphatic rings. The Morgan fingerprint density at radius 3 is 2.92 bits per heavy atom. The monoisotopic (exact) mass is 365 g/mol. The van der Waals surface area contributed by atoms with E-state index in [4.69, 9.17) is 9.47 Å². The van der Waals surface area contributed by atoms with Crippen LogP contribution >= 0.6 is 0 Å². The fraction of sp³-hybridized carbons (Fsp3) is 0.444. The number of alkyl halides is 2. The normalized spacial score (nSPS) is 17.4. The highest BCUT2D eigenvalue weighted by Gasteiger charge is 2.28. The van der Waals surface area contributed by atoms with Gasteiger partial charge in [-0.1, -0.05) is 6.07 Å². The summed E-state index contributed by atoms with van der Waals surface area (Å²) in [7, 11) is 1.59. The number of nitrogens with zero attached hydrogens (tertiary/aromatic N) is 3. The molecule has 0 bridgehead atoms. The summed E-state index contributed by atoms with van der Waals surface area (Å²) >= 11 is 0. The van der Waals surface area contributed by atoms with Crippen molar-refractivity contribution in [3.8, 4) is 11.5 Å². The molecule has 8 heteroatoms. The predicted octanol–water partition coefficient (Wildman–Crippen LogP) is 3.22. The van der Waals surface area contributed by atoms with E-state index in [1.165, 1.54) is 12.3 Å². The topological polar surface area (TPSA) is 56.6 Å². The first-order valence-electron chi connectivity index (χ1n) is 8.46. The zero-order valence-corrected chi connectivity index (χ0v) is 14.5. The Kier molecular flexibility index (Phi) is 5.70. The summed E-state index contributed by atoms with van der Waals surface area (Å²) in [6.07, 6.45) is 2.94. The number of ether oxygens (including phenoxy) is 2. The summed E-state index contributed by atoms with van der Waals surface area (Å²) in [4.78, 5) is 14.2. The van der Waals surface area contributed by atoms with Gasteiger partial charge >= 0.3 is 6.55 Å². The van der Waals surface area contributed by atoms with Gasteiger partial charge in [-0.25, -0.2) is 0 Å². The number of likely N-dealkylation sites (tertiary alicyclic amines) is 1. The SMILES string of the molecule is COc1cccc(OCC2CCCN(C(=O)c3ccnn3C(F)F)C2)c1. The first-order chi connectivity index (χ1) is 12.6. The van der Waals surface area contributed by atoms with Gasteiger partial charge in [0, 0.05) is 31.3 Å². The molecular formula is C18H21F2N3O3. The highest BCUT2D eigenvalue weighted by molar-refractivity contribution is 5.92. The molecule has 140 valence electrons. The lowest BCUT2D eigenvalue weighted by Gasteiger charge is -2.32. The summed E-state index contributed by atoms with van der Waals surface area (Å²) in [5, 5.41) is 3.53. The van der Waals surface area contributed by atoms with Crippen LogP contribution in [0, 0.1) is 5.92 Å². The van der Waals surface area contributed by atoms with Crippen LogP contribution in [-0.4, -0.2) is 47.4 Å². The standard InChI is InChI=1S/C18H21F2N3O3/c1-25-14-5-2-6-15(10-14)26-12-13-4-3-9-22(11-13)17(24)16-7-8-21-23(16)18(19)20/h2,5-8,10,13,18H,3-4,9,11-12H2,1H3. The maximum Gasteiger partial charge on any atom is 0.333 e. The van der Waals surface area contributed by atoms with Gasteiger partial charge in [0.25, 0.3) is 5.91 Å². The molecule has 0 aliphatic carbocycles. The largest absolute Gasteiger partial charge is 0.497 e. The van der Waals surface area contributed by atoms with Crippen LogP contribution in [0.1, 0.15) is 29.9 Å². The number of benzene rings is 1. The van der Waals surface area contributed by atoms with E-state index in [9.17, 15) is 13.6 Å². The predicted molar refractivity (Wildman–Crippen MR) is 90.6 cm³/mol. The Labute approximate surface area is 150 Å². The maximum atomic E-state index is 12.9. The maximum absolute atomic E-state index is 12.9. The third kappa shape index (κ3) is 4.12. The Morgan fingerprint density at radius 1 is 1.35 bits per heavy atom. The quantitative estimate of drug-likeness (QED) is 0.789. The van der Waals surface area contributed by atoms with Gasteiger partial charge < -0.3 is 14.4 Å². The van der Waals surface area contributed by atoms with Gasteiger partial charge in [-0.05, 0) is 31.0 Å². The number of rotatable bonds is 6. The van der Waals surface area contributed by atoms with E-state index in [1.807, 2.05) is 18.2 Å². The third-order valence-electron chi connectivity index (χ3n) is 4.41. The van der Waals surface area contributed by atoms with Crippen molar-refractivity contribution in [2.45, 2.75) is 19.4 Å². The van der Waals surface area contributed by atoms with Crippen LogP contribution < -0.4 is 9.47 Å². The van der Waals surface area contributed by atoms with Crippen LogP contribution in [0.4, 0.5) is 8.78 Å². The van der Waals surface area contributed by atoms with E-state index in [2.05, 4.69) is 5.10 Å². The second-order valence-corrected chi connectivity index (χ2v) is 6.19.